The van der Waals surface area contributed by atoms with E-state index in [2.05, 4.69) is 24.0 Å². The normalized spacial score (nSPS) is 21.0. The first-order valence-electron chi connectivity index (χ1n) is 8.44. The lowest BCUT2D eigenvalue weighted by Crippen LogP contribution is -2.44. The van der Waals surface area contributed by atoms with Gasteiger partial charge in [0.05, 0.1) is 0 Å². The molecule has 24 heavy (non-hydrogen) atoms. The summed E-state index contributed by atoms with van der Waals surface area (Å²) in [5.41, 5.74) is 2.15. The molecule has 1 amide bonds. The summed E-state index contributed by atoms with van der Waals surface area (Å²) in [6.07, 6.45) is 1.18. The molecule has 0 radical (unpaired) electrons. The third kappa shape index (κ3) is 3.59. The fraction of sp³-hybridized carbons (Fsp3) is 0.500. The molecule has 5 nitrogen and oxygen atoms in total. The first-order chi connectivity index (χ1) is 11.4. The molecule has 1 aromatic carbocycles. The van der Waals surface area contributed by atoms with Gasteiger partial charge >= 0.3 is 0 Å². The fourth-order valence-electron chi connectivity index (χ4n) is 3.49. The Bertz CT molecular complexity index is 767. The number of nitrogens with one attached hydrogen (secondary N) is 1. The van der Waals surface area contributed by atoms with E-state index in [1.165, 1.54) is 12.0 Å². The van der Waals surface area contributed by atoms with Crippen molar-refractivity contribution in [2.24, 2.45) is 11.8 Å². The predicted octanol–water partition coefficient (Wildman–Crippen LogP) is 3.42. The van der Waals surface area contributed by atoms with Crippen molar-refractivity contribution in [1.29, 1.82) is 0 Å². The number of aromatic amines is 1. The molecule has 2 aromatic rings. The van der Waals surface area contributed by atoms with Gasteiger partial charge in [-0.2, -0.15) is 5.10 Å². The first kappa shape index (κ1) is 16.9. The van der Waals surface area contributed by atoms with Crippen molar-refractivity contribution in [3.05, 3.63) is 34.6 Å². The minimum Gasteiger partial charge on any atom is -0.341 e. The number of amides is 1. The number of H-pyrrole nitrogens is 1. The number of aromatic nitrogens is 3. The highest BCUT2D eigenvalue weighted by atomic mass is 32.1. The summed E-state index contributed by atoms with van der Waals surface area (Å²) in [4.78, 5) is 14.7. The maximum absolute atomic E-state index is 12.8. The van der Waals surface area contributed by atoms with Crippen molar-refractivity contribution < 1.29 is 4.79 Å². The highest BCUT2D eigenvalue weighted by Gasteiger charge is 2.26. The molecule has 2 heterocycles. The van der Waals surface area contributed by atoms with Crippen LogP contribution in [-0.4, -0.2) is 38.7 Å². The number of piperidine rings is 1. The summed E-state index contributed by atoms with van der Waals surface area (Å²) in [5.74, 6) is 1.92. The molecule has 0 bridgehead atoms. The molecule has 2 unspecified atom stereocenters. The average Bonchev–Trinajstić information content (AvgIpc) is 2.88. The molecular weight excluding hydrogens is 320 g/mol. The van der Waals surface area contributed by atoms with E-state index in [1.807, 2.05) is 36.1 Å². The maximum atomic E-state index is 12.8. The fourth-order valence-corrected chi connectivity index (χ4v) is 3.69. The molecule has 1 fully saturated rings. The van der Waals surface area contributed by atoms with Crippen molar-refractivity contribution in [3.8, 4) is 11.4 Å². The van der Waals surface area contributed by atoms with Crippen molar-refractivity contribution >= 4 is 18.1 Å². The molecule has 1 N–H and O–H groups in total. The first-order valence-corrected chi connectivity index (χ1v) is 8.85. The lowest BCUT2D eigenvalue weighted by molar-refractivity contribution is -0.134. The molecule has 1 aliphatic heterocycles. The van der Waals surface area contributed by atoms with Gasteiger partial charge in [-0.05, 0) is 37.4 Å². The number of benzene rings is 1. The second-order valence-corrected chi connectivity index (χ2v) is 7.44. The summed E-state index contributed by atoms with van der Waals surface area (Å²) in [5, 5.41) is 7.14. The third-order valence-corrected chi connectivity index (χ3v) is 4.89. The molecular formula is C18H24N4OS. The van der Waals surface area contributed by atoms with Crippen LogP contribution in [0.1, 0.15) is 25.8 Å². The SMILES string of the molecule is Cc1ccc(-c2n[nH]c(=S)n2CC(=O)N2CC(C)CC(C)C2)cc1. The van der Waals surface area contributed by atoms with E-state index in [-0.39, 0.29) is 12.5 Å². The second-order valence-electron chi connectivity index (χ2n) is 7.05. The van der Waals surface area contributed by atoms with Gasteiger partial charge in [0, 0.05) is 18.7 Å². The van der Waals surface area contributed by atoms with Crippen LogP contribution < -0.4 is 0 Å². The van der Waals surface area contributed by atoms with Gasteiger partial charge in [-0.15, -0.1) is 0 Å². The van der Waals surface area contributed by atoms with Crippen LogP contribution in [0, 0.1) is 23.5 Å². The number of likely N-dealkylation sites (tertiary alicyclic amines) is 1. The second kappa shape index (κ2) is 6.89. The summed E-state index contributed by atoms with van der Waals surface area (Å²) in [6, 6.07) is 8.08. The van der Waals surface area contributed by atoms with E-state index >= 15 is 0 Å². The topological polar surface area (TPSA) is 53.9 Å². The quantitative estimate of drug-likeness (QED) is 0.868. The van der Waals surface area contributed by atoms with Gasteiger partial charge in [0.25, 0.3) is 0 Å². The van der Waals surface area contributed by atoms with Crippen LogP contribution in [-0.2, 0) is 11.3 Å². The number of carbonyl (C=O) groups excluding carboxylic acids is 1. The third-order valence-electron chi connectivity index (χ3n) is 4.58. The van der Waals surface area contributed by atoms with E-state index in [0.717, 1.165) is 18.7 Å². The molecule has 1 saturated heterocycles. The van der Waals surface area contributed by atoms with Crippen molar-refractivity contribution in [3.63, 3.8) is 0 Å². The lowest BCUT2D eigenvalue weighted by Gasteiger charge is -2.35. The molecule has 1 aliphatic rings. The maximum Gasteiger partial charge on any atom is 0.242 e. The number of hydrogen-bond donors (Lipinski definition) is 1. The standard InChI is InChI=1S/C18H24N4OS/c1-12-4-6-15(7-5-12)17-19-20-18(24)22(17)11-16(23)21-9-13(2)8-14(3)10-21/h4-7,13-14H,8-11H2,1-3H3,(H,20,24). The van der Waals surface area contributed by atoms with Gasteiger partial charge in [0.2, 0.25) is 5.91 Å². The van der Waals surface area contributed by atoms with E-state index in [9.17, 15) is 4.79 Å². The molecule has 3 rings (SSSR count). The number of hydrogen-bond acceptors (Lipinski definition) is 3. The zero-order chi connectivity index (χ0) is 17.3. The highest BCUT2D eigenvalue weighted by molar-refractivity contribution is 7.71. The highest BCUT2D eigenvalue weighted by Crippen LogP contribution is 2.22. The Morgan fingerprint density at radius 3 is 2.50 bits per heavy atom. The smallest absolute Gasteiger partial charge is 0.242 e. The Hall–Kier alpha value is -1.95. The lowest BCUT2D eigenvalue weighted by atomic mass is 9.92. The summed E-state index contributed by atoms with van der Waals surface area (Å²) in [7, 11) is 0. The monoisotopic (exact) mass is 344 g/mol. The van der Waals surface area contributed by atoms with Crippen molar-refractivity contribution in [2.45, 2.75) is 33.7 Å². The minimum atomic E-state index is 0.110. The molecule has 0 spiro atoms. The Kier molecular flexibility index (Phi) is 4.85. The van der Waals surface area contributed by atoms with E-state index < -0.39 is 0 Å². The molecule has 2 atom stereocenters. The van der Waals surface area contributed by atoms with Crippen LogP contribution >= 0.6 is 12.2 Å². The predicted molar refractivity (Wildman–Crippen MR) is 97.1 cm³/mol. The number of rotatable bonds is 3. The van der Waals surface area contributed by atoms with Crippen molar-refractivity contribution in [2.75, 3.05) is 13.1 Å². The minimum absolute atomic E-state index is 0.110. The number of carbonyl (C=O) groups is 1. The summed E-state index contributed by atoms with van der Waals surface area (Å²) in [6.45, 7) is 8.35. The molecule has 6 heteroatoms. The Labute approximate surface area is 147 Å². The van der Waals surface area contributed by atoms with Gasteiger partial charge in [-0.25, -0.2) is 0 Å². The average molecular weight is 344 g/mol. The van der Waals surface area contributed by atoms with Gasteiger partial charge in [0.15, 0.2) is 10.6 Å². The zero-order valence-electron chi connectivity index (χ0n) is 14.5. The van der Waals surface area contributed by atoms with E-state index in [1.54, 1.807) is 4.57 Å². The van der Waals surface area contributed by atoms with Gasteiger partial charge in [0.1, 0.15) is 6.54 Å². The largest absolute Gasteiger partial charge is 0.341 e. The van der Waals surface area contributed by atoms with Gasteiger partial charge < -0.3 is 4.90 Å². The molecule has 0 aliphatic carbocycles. The van der Waals surface area contributed by atoms with Crippen LogP contribution in [0.2, 0.25) is 0 Å². The zero-order valence-corrected chi connectivity index (χ0v) is 15.3. The molecule has 128 valence electrons. The van der Waals surface area contributed by atoms with E-state index in [4.69, 9.17) is 12.2 Å². The Morgan fingerprint density at radius 2 is 1.88 bits per heavy atom. The number of aryl methyl sites for hydroxylation is 1. The van der Waals surface area contributed by atoms with Crippen LogP contribution in [0.3, 0.4) is 0 Å². The van der Waals surface area contributed by atoms with Crippen LogP contribution in [0.15, 0.2) is 24.3 Å². The number of nitrogens with zero attached hydrogens (tertiary/aromatic N) is 3. The van der Waals surface area contributed by atoms with E-state index in [0.29, 0.717) is 22.4 Å². The molecule has 0 saturated carbocycles. The van der Waals surface area contributed by atoms with Gasteiger partial charge in [-0.3, -0.25) is 14.5 Å². The Balaban J connectivity index is 1.82. The Morgan fingerprint density at radius 1 is 1.25 bits per heavy atom. The van der Waals surface area contributed by atoms with Crippen LogP contribution in [0.5, 0.6) is 0 Å². The van der Waals surface area contributed by atoms with Crippen LogP contribution in [0.25, 0.3) is 11.4 Å². The summed E-state index contributed by atoms with van der Waals surface area (Å²) < 4.78 is 2.28. The summed E-state index contributed by atoms with van der Waals surface area (Å²) >= 11 is 5.34. The van der Waals surface area contributed by atoms with Crippen LogP contribution in [0.4, 0.5) is 0 Å². The van der Waals surface area contributed by atoms with Crippen molar-refractivity contribution in [1.82, 2.24) is 19.7 Å². The molecule has 1 aromatic heterocycles. The van der Waals surface area contributed by atoms with Gasteiger partial charge in [-0.1, -0.05) is 43.7 Å².